The Morgan fingerprint density at radius 3 is 1.91 bits per heavy atom. The third kappa shape index (κ3) is 6.88. The molecule has 1 heterocycles. The zero-order valence-electron chi connectivity index (χ0n) is 18.8. The molecule has 4 N–H and O–H groups in total. The highest BCUT2D eigenvalue weighted by atomic mass is 19.4. The lowest BCUT2D eigenvalue weighted by Crippen LogP contribution is -2.58. The number of rotatable bonds is 4. The van der Waals surface area contributed by atoms with Crippen molar-refractivity contribution >= 4 is 17.6 Å². The van der Waals surface area contributed by atoms with Crippen LogP contribution in [0.1, 0.15) is 23.6 Å². The first-order chi connectivity index (χ1) is 16.6. The first-order valence-electron chi connectivity index (χ1n) is 10.8. The van der Waals surface area contributed by atoms with Gasteiger partial charge in [-0.3, -0.25) is 10.0 Å². The number of piperazine rings is 1. The number of urea groups is 1. The Morgan fingerprint density at radius 1 is 0.943 bits per heavy atom. The summed E-state index contributed by atoms with van der Waals surface area (Å²) in [7, 11) is 0. The van der Waals surface area contributed by atoms with E-state index in [4.69, 9.17) is 5.21 Å². The molecule has 1 aliphatic heterocycles. The molecule has 3 rings (SSSR count). The van der Waals surface area contributed by atoms with Crippen LogP contribution in [0, 0.1) is 11.8 Å². The van der Waals surface area contributed by atoms with Crippen LogP contribution in [0.15, 0.2) is 48.5 Å². The molecule has 0 aromatic heterocycles. The van der Waals surface area contributed by atoms with Crippen molar-refractivity contribution in [3.63, 3.8) is 0 Å². The zero-order chi connectivity index (χ0) is 25.6. The summed E-state index contributed by atoms with van der Waals surface area (Å²) >= 11 is 0. The van der Waals surface area contributed by atoms with Crippen LogP contribution in [-0.4, -0.2) is 65.5 Å². The van der Waals surface area contributed by atoms with E-state index in [2.05, 4.69) is 22.1 Å². The fourth-order valence-corrected chi connectivity index (χ4v) is 3.51. The number of anilines is 1. The van der Waals surface area contributed by atoms with Crippen LogP contribution in [0.3, 0.4) is 0 Å². The lowest BCUT2D eigenvalue weighted by molar-refractivity contribution is -0.137. The summed E-state index contributed by atoms with van der Waals surface area (Å²) in [5.41, 5.74) is 2.81. The van der Waals surface area contributed by atoms with Crippen molar-refractivity contribution in [3.8, 4) is 11.8 Å². The van der Waals surface area contributed by atoms with Gasteiger partial charge in [0.2, 0.25) is 0 Å². The van der Waals surface area contributed by atoms with E-state index in [-0.39, 0.29) is 0 Å². The molecule has 3 amide bonds. The second-order valence-electron chi connectivity index (χ2n) is 7.99. The number of hydrogen-bond acceptors (Lipinski definition) is 5. The molecule has 1 fully saturated rings. The maximum atomic E-state index is 12.6. The summed E-state index contributed by atoms with van der Waals surface area (Å²) in [4.78, 5) is 27.6. The Hall–Kier alpha value is -3.75. The number of carbonyl (C=O) groups excluding carboxylic acids is 2. The lowest BCUT2D eigenvalue weighted by Gasteiger charge is -2.36. The van der Waals surface area contributed by atoms with Crippen LogP contribution in [0.2, 0.25) is 0 Å². The number of nitrogens with zero attached hydrogens (tertiary/aromatic N) is 2. The molecule has 186 valence electrons. The fourth-order valence-electron chi connectivity index (χ4n) is 3.51. The van der Waals surface area contributed by atoms with Gasteiger partial charge in [-0.1, -0.05) is 11.8 Å². The molecule has 0 bridgehead atoms. The van der Waals surface area contributed by atoms with Gasteiger partial charge in [0, 0.05) is 43.0 Å². The van der Waals surface area contributed by atoms with E-state index in [1.165, 1.54) is 29.4 Å². The van der Waals surface area contributed by atoms with Crippen molar-refractivity contribution in [2.75, 3.05) is 31.1 Å². The highest BCUT2D eigenvalue weighted by Gasteiger charge is 2.30. The third-order valence-corrected chi connectivity index (χ3v) is 5.52. The van der Waals surface area contributed by atoms with Crippen LogP contribution >= 0.6 is 0 Å². The second-order valence-corrected chi connectivity index (χ2v) is 7.99. The maximum absolute atomic E-state index is 12.6. The van der Waals surface area contributed by atoms with Crippen molar-refractivity contribution < 1.29 is 33.1 Å². The van der Waals surface area contributed by atoms with Gasteiger partial charge in [0.05, 0.1) is 11.7 Å². The standard InChI is InChI=1S/C24H25F3N4O4/c1-16(32)21(22(33)29-35)28-23(34)31-14-12-30(13-15-31)20-10-6-18(7-11-20)3-2-17-4-8-19(9-5-17)24(25,26)27/h4-11,16,21,32,35H,12-15H2,1H3,(H,28,34)(H,29,33)/t16-,21-/m1/s1. The molecule has 1 aliphatic rings. The molecule has 11 heteroatoms. The molecule has 0 aliphatic carbocycles. The van der Waals surface area contributed by atoms with Crippen molar-refractivity contribution in [3.05, 3.63) is 65.2 Å². The molecule has 2 aromatic rings. The number of aliphatic hydroxyl groups excluding tert-OH is 1. The topological polar surface area (TPSA) is 105 Å². The summed E-state index contributed by atoms with van der Waals surface area (Å²) < 4.78 is 37.9. The molecule has 1 saturated heterocycles. The van der Waals surface area contributed by atoms with Gasteiger partial charge in [-0.05, 0) is 55.5 Å². The normalized spacial score (nSPS) is 15.5. The molecule has 2 atom stereocenters. The van der Waals surface area contributed by atoms with Crippen molar-refractivity contribution in [1.29, 1.82) is 0 Å². The molecule has 0 radical (unpaired) electrons. The summed E-state index contributed by atoms with van der Waals surface area (Å²) in [6.07, 6.45) is -5.57. The minimum absolute atomic E-state index is 0.384. The number of amides is 3. The minimum Gasteiger partial charge on any atom is -0.391 e. The SMILES string of the molecule is C[C@@H](O)[C@@H](NC(=O)N1CCN(c2ccc(C#Cc3ccc(C(F)(F)F)cc3)cc2)CC1)C(=O)NO. The first-order valence-corrected chi connectivity index (χ1v) is 10.8. The summed E-state index contributed by atoms with van der Waals surface area (Å²) in [5.74, 6) is 4.87. The number of carbonyl (C=O) groups is 2. The highest BCUT2D eigenvalue weighted by Crippen LogP contribution is 2.29. The number of hydroxylamine groups is 1. The Kier molecular flexibility index (Phi) is 8.22. The van der Waals surface area contributed by atoms with Gasteiger partial charge in [0.15, 0.2) is 0 Å². The summed E-state index contributed by atoms with van der Waals surface area (Å²) in [5, 5.41) is 20.8. The molecule has 0 spiro atoms. The van der Waals surface area contributed by atoms with E-state index in [0.717, 1.165) is 17.8 Å². The van der Waals surface area contributed by atoms with E-state index in [1.54, 1.807) is 0 Å². The van der Waals surface area contributed by atoms with E-state index in [1.807, 2.05) is 24.3 Å². The van der Waals surface area contributed by atoms with Gasteiger partial charge in [-0.2, -0.15) is 13.2 Å². The Labute approximate surface area is 200 Å². The second kappa shape index (κ2) is 11.1. The Morgan fingerprint density at radius 2 is 1.46 bits per heavy atom. The van der Waals surface area contributed by atoms with E-state index < -0.39 is 35.8 Å². The van der Waals surface area contributed by atoms with Crippen LogP contribution < -0.4 is 15.7 Å². The van der Waals surface area contributed by atoms with Gasteiger partial charge in [0.1, 0.15) is 6.04 Å². The van der Waals surface area contributed by atoms with Crippen molar-refractivity contribution in [2.24, 2.45) is 0 Å². The Bertz CT molecular complexity index is 1080. The first kappa shape index (κ1) is 25.9. The molecule has 0 unspecified atom stereocenters. The Balaban J connectivity index is 1.55. The largest absolute Gasteiger partial charge is 0.416 e. The molecular weight excluding hydrogens is 465 g/mol. The summed E-state index contributed by atoms with van der Waals surface area (Å²) in [6, 6.07) is 10.2. The van der Waals surface area contributed by atoms with E-state index >= 15 is 0 Å². The van der Waals surface area contributed by atoms with Crippen LogP contribution in [0.4, 0.5) is 23.7 Å². The predicted molar refractivity (Wildman–Crippen MR) is 122 cm³/mol. The minimum atomic E-state index is -4.38. The van der Waals surface area contributed by atoms with Gasteiger partial charge in [-0.15, -0.1) is 0 Å². The molecule has 35 heavy (non-hydrogen) atoms. The molecule has 0 saturated carbocycles. The number of alkyl halides is 3. The number of hydrogen-bond donors (Lipinski definition) is 4. The van der Waals surface area contributed by atoms with Crippen molar-refractivity contribution in [2.45, 2.75) is 25.2 Å². The average molecular weight is 490 g/mol. The fraction of sp³-hybridized carbons (Fsp3) is 0.333. The van der Waals surface area contributed by atoms with Crippen molar-refractivity contribution in [1.82, 2.24) is 15.7 Å². The maximum Gasteiger partial charge on any atom is 0.416 e. The number of halogens is 3. The monoisotopic (exact) mass is 490 g/mol. The smallest absolute Gasteiger partial charge is 0.391 e. The number of nitrogens with one attached hydrogen (secondary N) is 2. The predicted octanol–water partition coefficient (Wildman–Crippen LogP) is 2.19. The number of aliphatic hydroxyl groups is 1. The van der Waals surface area contributed by atoms with E-state index in [9.17, 15) is 27.9 Å². The average Bonchev–Trinajstić information content (AvgIpc) is 2.85. The van der Waals surface area contributed by atoms with Crippen LogP contribution in [0.25, 0.3) is 0 Å². The van der Waals surface area contributed by atoms with Gasteiger partial charge in [-0.25, -0.2) is 10.3 Å². The highest BCUT2D eigenvalue weighted by molar-refractivity contribution is 5.87. The zero-order valence-corrected chi connectivity index (χ0v) is 18.8. The third-order valence-electron chi connectivity index (χ3n) is 5.52. The van der Waals surface area contributed by atoms with E-state index in [0.29, 0.717) is 37.3 Å². The van der Waals surface area contributed by atoms with Gasteiger partial charge >= 0.3 is 12.2 Å². The quantitative estimate of drug-likeness (QED) is 0.299. The molecular formula is C24H25F3N4O4. The van der Waals surface area contributed by atoms with Crippen LogP contribution in [0.5, 0.6) is 0 Å². The number of benzene rings is 2. The molecule has 2 aromatic carbocycles. The van der Waals surface area contributed by atoms with Crippen LogP contribution in [-0.2, 0) is 11.0 Å². The lowest BCUT2D eigenvalue weighted by atomic mass is 10.1. The summed E-state index contributed by atoms with van der Waals surface area (Å²) in [6.45, 7) is 3.17. The van der Waals surface area contributed by atoms with Gasteiger partial charge < -0.3 is 20.2 Å². The van der Waals surface area contributed by atoms with Gasteiger partial charge in [0.25, 0.3) is 5.91 Å². The molecule has 8 nitrogen and oxygen atoms in total.